The maximum atomic E-state index is 5.59. The molecule has 0 amide bonds. The van der Waals surface area contributed by atoms with Gasteiger partial charge < -0.3 is 15.4 Å². The molecule has 0 aliphatic heterocycles. The predicted octanol–water partition coefficient (Wildman–Crippen LogP) is 3.50. The van der Waals surface area contributed by atoms with E-state index in [9.17, 15) is 0 Å². The highest BCUT2D eigenvalue weighted by Gasteiger charge is 2.19. The van der Waals surface area contributed by atoms with Crippen LogP contribution in [0.4, 0.5) is 11.6 Å². The average Bonchev–Trinajstić information content (AvgIpc) is 2.43. The smallest absolute Gasteiger partial charge is 0.135 e. The van der Waals surface area contributed by atoms with Crippen LogP contribution in [0.3, 0.4) is 0 Å². The summed E-state index contributed by atoms with van der Waals surface area (Å²) in [5.74, 6) is 2.65. The maximum absolute atomic E-state index is 5.59. The van der Waals surface area contributed by atoms with E-state index in [0.29, 0.717) is 18.4 Å². The second-order valence-corrected chi connectivity index (χ2v) is 5.82. The van der Waals surface area contributed by atoms with Crippen molar-refractivity contribution in [2.24, 2.45) is 5.92 Å². The van der Waals surface area contributed by atoms with Gasteiger partial charge in [-0.25, -0.2) is 9.97 Å². The molecule has 1 unspecified atom stereocenters. The molecule has 0 saturated carbocycles. The second-order valence-electron chi connectivity index (χ2n) is 5.82. The van der Waals surface area contributed by atoms with Crippen LogP contribution < -0.4 is 10.6 Å². The quantitative estimate of drug-likeness (QED) is 0.730. The summed E-state index contributed by atoms with van der Waals surface area (Å²) in [6, 6.07) is 0.242. The first-order valence-electron chi connectivity index (χ1n) is 7.94. The minimum Gasteiger partial charge on any atom is -0.380 e. The number of hydrogen-bond acceptors (Lipinski definition) is 5. The van der Waals surface area contributed by atoms with Gasteiger partial charge in [-0.2, -0.15) is 0 Å². The third-order valence-corrected chi connectivity index (χ3v) is 3.43. The molecule has 0 bridgehead atoms. The molecular formula is C16H30N4O. The van der Waals surface area contributed by atoms with Gasteiger partial charge in [0.2, 0.25) is 0 Å². The minimum atomic E-state index is 0.242. The van der Waals surface area contributed by atoms with E-state index in [1.807, 2.05) is 6.92 Å². The Morgan fingerprint density at radius 1 is 1.10 bits per heavy atom. The van der Waals surface area contributed by atoms with Crippen LogP contribution >= 0.6 is 0 Å². The first-order valence-corrected chi connectivity index (χ1v) is 7.94. The molecule has 120 valence electrons. The van der Waals surface area contributed by atoms with Crippen LogP contribution in [-0.4, -0.2) is 35.8 Å². The van der Waals surface area contributed by atoms with Crippen molar-refractivity contribution in [3.8, 4) is 0 Å². The Bertz CT molecular complexity index is 421. The maximum Gasteiger partial charge on any atom is 0.135 e. The van der Waals surface area contributed by atoms with Gasteiger partial charge in [0.15, 0.2) is 0 Å². The van der Waals surface area contributed by atoms with Gasteiger partial charge in [-0.1, -0.05) is 27.7 Å². The molecule has 2 N–H and O–H groups in total. The zero-order valence-corrected chi connectivity index (χ0v) is 14.2. The zero-order valence-electron chi connectivity index (χ0n) is 14.2. The summed E-state index contributed by atoms with van der Waals surface area (Å²) in [7, 11) is 0. The lowest BCUT2D eigenvalue weighted by molar-refractivity contribution is 0.126. The third kappa shape index (κ3) is 5.16. The Kier molecular flexibility index (Phi) is 7.43. The Balaban J connectivity index is 3.01. The van der Waals surface area contributed by atoms with Gasteiger partial charge in [-0.05, 0) is 25.7 Å². The lowest BCUT2D eigenvalue weighted by Crippen LogP contribution is -2.32. The molecule has 0 aromatic carbocycles. The van der Waals surface area contributed by atoms with Crippen LogP contribution in [0.15, 0.2) is 6.33 Å². The van der Waals surface area contributed by atoms with Crippen LogP contribution in [0.5, 0.6) is 0 Å². The molecule has 1 atom stereocenters. The van der Waals surface area contributed by atoms with Gasteiger partial charge >= 0.3 is 0 Å². The molecule has 1 aromatic heterocycles. The molecule has 0 aliphatic rings. The summed E-state index contributed by atoms with van der Waals surface area (Å²) in [5, 5.41) is 6.87. The number of ether oxygens (including phenoxy) is 1. The van der Waals surface area contributed by atoms with Crippen LogP contribution in [0.2, 0.25) is 0 Å². The molecule has 0 spiro atoms. The largest absolute Gasteiger partial charge is 0.380 e. The summed E-state index contributed by atoms with van der Waals surface area (Å²) < 4.78 is 5.59. The Morgan fingerprint density at radius 3 is 2.29 bits per heavy atom. The summed E-state index contributed by atoms with van der Waals surface area (Å²) in [5.41, 5.74) is 1.14. The first-order chi connectivity index (χ1) is 10.0. The molecule has 1 rings (SSSR count). The van der Waals surface area contributed by atoms with E-state index in [1.165, 1.54) is 0 Å². The number of anilines is 2. The van der Waals surface area contributed by atoms with Crippen molar-refractivity contribution in [3.63, 3.8) is 0 Å². The van der Waals surface area contributed by atoms with Crippen molar-refractivity contribution in [2.75, 3.05) is 30.4 Å². The summed E-state index contributed by atoms with van der Waals surface area (Å²) in [6.07, 6.45) is 1.62. The molecule has 0 radical (unpaired) electrons. The fourth-order valence-electron chi connectivity index (χ4n) is 2.19. The van der Waals surface area contributed by atoms with Crippen LogP contribution in [0.1, 0.15) is 53.0 Å². The normalized spacial score (nSPS) is 12.8. The molecule has 0 fully saturated rings. The molecular weight excluding hydrogens is 264 g/mol. The Morgan fingerprint density at radius 2 is 1.76 bits per heavy atom. The van der Waals surface area contributed by atoms with E-state index in [4.69, 9.17) is 4.74 Å². The van der Waals surface area contributed by atoms with Gasteiger partial charge in [-0.15, -0.1) is 0 Å². The summed E-state index contributed by atoms with van der Waals surface area (Å²) >= 11 is 0. The molecule has 1 heterocycles. The highest BCUT2D eigenvalue weighted by molar-refractivity contribution is 5.59. The highest BCUT2D eigenvalue weighted by Crippen LogP contribution is 2.29. The SMILES string of the molecule is CCNc1ncnc(NC(COCC)C(C)C)c1C(C)C. The average molecular weight is 294 g/mol. The predicted molar refractivity (Wildman–Crippen MR) is 89.0 cm³/mol. The van der Waals surface area contributed by atoms with Crippen molar-refractivity contribution < 1.29 is 4.74 Å². The lowest BCUT2D eigenvalue weighted by atomic mass is 10.0. The van der Waals surface area contributed by atoms with Crippen LogP contribution in [-0.2, 0) is 4.74 Å². The standard InChI is InChI=1S/C16H30N4O/c1-7-17-15-14(12(5)6)16(19-10-18-15)20-13(11(3)4)9-21-8-2/h10-13H,7-9H2,1-6H3,(H2,17,18,19,20). The number of nitrogens with one attached hydrogen (secondary N) is 2. The molecule has 21 heavy (non-hydrogen) atoms. The van der Waals surface area contributed by atoms with E-state index in [2.05, 4.69) is 55.2 Å². The van der Waals surface area contributed by atoms with Gasteiger partial charge in [0.05, 0.1) is 12.6 Å². The van der Waals surface area contributed by atoms with Crippen molar-refractivity contribution in [2.45, 2.75) is 53.5 Å². The summed E-state index contributed by atoms with van der Waals surface area (Å²) in [4.78, 5) is 8.83. The Labute approximate surface area is 128 Å². The first kappa shape index (κ1) is 17.7. The number of aromatic nitrogens is 2. The van der Waals surface area contributed by atoms with E-state index in [-0.39, 0.29) is 6.04 Å². The van der Waals surface area contributed by atoms with Crippen LogP contribution in [0.25, 0.3) is 0 Å². The van der Waals surface area contributed by atoms with Gasteiger partial charge in [0, 0.05) is 18.7 Å². The highest BCUT2D eigenvalue weighted by atomic mass is 16.5. The van der Waals surface area contributed by atoms with Crippen molar-refractivity contribution in [3.05, 3.63) is 11.9 Å². The van der Waals surface area contributed by atoms with Crippen LogP contribution in [0, 0.1) is 5.92 Å². The van der Waals surface area contributed by atoms with Crippen molar-refractivity contribution in [1.82, 2.24) is 9.97 Å². The monoisotopic (exact) mass is 294 g/mol. The van der Waals surface area contributed by atoms with E-state index < -0.39 is 0 Å². The number of hydrogen-bond donors (Lipinski definition) is 2. The van der Waals surface area contributed by atoms with Crippen molar-refractivity contribution >= 4 is 11.6 Å². The molecule has 5 heteroatoms. The van der Waals surface area contributed by atoms with E-state index in [1.54, 1.807) is 6.33 Å². The number of rotatable bonds is 9. The fourth-order valence-corrected chi connectivity index (χ4v) is 2.19. The minimum absolute atomic E-state index is 0.242. The van der Waals surface area contributed by atoms with Gasteiger partial charge in [0.1, 0.15) is 18.0 Å². The zero-order chi connectivity index (χ0) is 15.8. The van der Waals surface area contributed by atoms with Gasteiger partial charge in [-0.3, -0.25) is 0 Å². The van der Waals surface area contributed by atoms with E-state index in [0.717, 1.165) is 30.4 Å². The number of nitrogens with zero attached hydrogens (tertiary/aromatic N) is 2. The fraction of sp³-hybridized carbons (Fsp3) is 0.750. The summed E-state index contributed by atoms with van der Waals surface area (Å²) in [6.45, 7) is 15.1. The van der Waals surface area contributed by atoms with Gasteiger partial charge in [0.25, 0.3) is 0 Å². The third-order valence-electron chi connectivity index (χ3n) is 3.43. The molecule has 0 saturated heterocycles. The van der Waals surface area contributed by atoms with E-state index >= 15 is 0 Å². The second kappa shape index (κ2) is 8.82. The topological polar surface area (TPSA) is 59.1 Å². The lowest BCUT2D eigenvalue weighted by Gasteiger charge is -2.25. The molecule has 5 nitrogen and oxygen atoms in total. The van der Waals surface area contributed by atoms with Crippen molar-refractivity contribution in [1.29, 1.82) is 0 Å². The molecule has 1 aromatic rings. The molecule has 0 aliphatic carbocycles. The Hall–Kier alpha value is -1.36.